The quantitative estimate of drug-likeness (QED) is 0.490. The van der Waals surface area contributed by atoms with Crippen molar-refractivity contribution in [1.29, 1.82) is 0 Å². The van der Waals surface area contributed by atoms with Crippen molar-refractivity contribution in [2.24, 2.45) is 0 Å². The molecule has 0 unspecified atom stereocenters. The second-order valence-corrected chi connectivity index (χ2v) is 6.00. The van der Waals surface area contributed by atoms with Crippen molar-refractivity contribution in [3.05, 3.63) is 70.0 Å². The highest BCUT2D eigenvalue weighted by Crippen LogP contribution is 2.35. The van der Waals surface area contributed by atoms with Crippen molar-refractivity contribution < 1.29 is 9.66 Å². The minimum atomic E-state index is -0.511. The summed E-state index contributed by atoms with van der Waals surface area (Å²) in [5.41, 5.74) is 3.05. The molecule has 138 valence electrons. The van der Waals surface area contributed by atoms with Crippen LogP contribution < -0.4 is 15.4 Å². The van der Waals surface area contributed by atoms with Crippen molar-refractivity contribution in [2.45, 2.75) is 13.8 Å². The van der Waals surface area contributed by atoms with Crippen LogP contribution in [0.5, 0.6) is 5.75 Å². The maximum Gasteiger partial charge on any atom is 0.353 e. The molecule has 0 fully saturated rings. The number of nitro groups is 1. The first-order chi connectivity index (χ1) is 13.0. The molecule has 8 heteroatoms. The molecule has 3 aromatic rings. The molecule has 0 saturated carbocycles. The topological polar surface area (TPSA) is 102 Å². The second kappa shape index (κ2) is 7.69. The maximum atomic E-state index is 11.7. The number of benzene rings is 2. The van der Waals surface area contributed by atoms with Crippen LogP contribution in [0.15, 0.2) is 48.8 Å². The first-order valence-electron chi connectivity index (χ1n) is 8.22. The average molecular weight is 365 g/mol. The molecule has 2 aromatic carbocycles. The lowest BCUT2D eigenvalue weighted by molar-refractivity contribution is -0.383. The molecule has 8 nitrogen and oxygen atoms in total. The Hall–Kier alpha value is -3.68. The highest BCUT2D eigenvalue weighted by atomic mass is 16.6. The maximum absolute atomic E-state index is 11.7. The Morgan fingerprint density at radius 2 is 1.70 bits per heavy atom. The van der Waals surface area contributed by atoms with Gasteiger partial charge in [-0.2, -0.15) is 0 Å². The number of hydrogen-bond acceptors (Lipinski definition) is 7. The number of rotatable bonds is 6. The van der Waals surface area contributed by atoms with Gasteiger partial charge in [-0.15, -0.1) is 0 Å². The van der Waals surface area contributed by atoms with Crippen molar-refractivity contribution in [3.8, 4) is 5.75 Å². The summed E-state index contributed by atoms with van der Waals surface area (Å²) in [7, 11) is 1.54. The Morgan fingerprint density at radius 1 is 1.00 bits per heavy atom. The molecule has 0 aliphatic heterocycles. The van der Waals surface area contributed by atoms with Gasteiger partial charge in [0.15, 0.2) is 0 Å². The fourth-order valence-electron chi connectivity index (χ4n) is 2.64. The molecule has 0 saturated heterocycles. The summed E-state index contributed by atoms with van der Waals surface area (Å²) in [6.07, 6.45) is 1.27. The predicted octanol–water partition coefficient (Wildman–Crippen LogP) is 4.50. The molecule has 3 rings (SSSR count). The van der Waals surface area contributed by atoms with Gasteiger partial charge in [-0.25, -0.2) is 9.97 Å². The molecule has 0 radical (unpaired) electrons. The predicted molar refractivity (Wildman–Crippen MR) is 104 cm³/mol. The Morgan fingerprint density at radius 3 is 2.37 bits per heavy atom. The zero-order chi connectivity index (χ0) is 19.4. The van der Waals surface area contributed by atoms with E-state index in [1.807, 2.05) is 50.2 Å². The number of anilines is 4. The van der Waals surface area contributed by atoms with Crippen molar-refractivity contribution in [2.75, 3.05) is 17.7 Å². The van der Waals surface area contributed by atoms with E-state index < -0.39 is 4.92 Å². The number of methoxy groups -OCH3 is 1. The van der Waals surface area contributed by atoms with Crippen LogP contribution >= 0.6 is 0 Å². The number of aryl methyl sites for hydroxylation is 2. The zero-order valence-corrected chi connectivity index (χ0v) is 15.2. The third-order valence-electron chi connectivity index (χ3n) is 3.89. The van der Waals surface area contributed by atoms with Crippen molar-refractivity contribution >= 4 is 28.7 Å². The fraction of sp³-hybridized carbons (Fsp3) is 0.158. The van der Waals surface area contributed by atoms with E-state index in [-0.39, 0.29) is 17.3 Å². The molecule has 0 bridgehead atoms. The number of hydrogen-bond donors (Lipinski definition) is 2. The highest BCUT2D eigenvalue weighted by Gasteiger charge is 2.24. The van der Waals surface area contributed by atoms with Crippen LogP contribution in [0.1, 0.15) is 11.1 Å². The van der Waals surface area contributed by atoms with Gasteiger partial charge in [0.25, 0.3) is 0 Å². The fourth-order valence-corrected chi connectivity index (χ4v) is 2.64. The normalized spacial score (nSPS) is 10.3. The number of ether oxygens (including phenoxy) is 1. The van der Waals surface area contributed by atoms with Gasteiger partial charge in [-0.1, -0.05) is 18.2 Å². The SMILES string of the molecule is COc1ccc(C)cc1Nc1ncnc(Nc2cccc(C)c2)c1[N+](=O)[O-]. The molecule has 0 amide bonds. The summed E-state index contributed by atoms with van der Waals surface area (Å²) in [4.78, 5) is 19.3. The van der Waals surface area contributed by atoms with Gasteiger partial charge in [0.05, 0.1) is 17.7 Å². The Kier molecular flexibility index (Phi) is 5.16. The van der Waals surface area contributed by atoms with E-state index in [9.17, 15) is 10.1 Å². The molecule has 2 N–H and O–H groups in total. The number of aromatic nitrogens is 2. The van der Waals surface area contributed by atoms with E-state index in [0.29, 0.717) is 17.1 Å². The Labute approximate surface area is 156 Å². The molecule has 0 aliphatic rings. The lowest BCUT2D eigenvalue weighted by Crippen LogP contribution is -2.06. The summed E-state index contributed by atoms with van der Waals surface area (Å²) < 4.78 is 5.32. The van der Waals surface area contributed by atoms with Crippen LogP contribution in [0.3, 0.4) is 0 Å². The van der Waals surface area contributed by atoms with Crippen LogP contribution in [0.4, 0.5) is 28.7 Å². The van der Waals surface area contributed by atoms with Crippen molar-refractivity contribution in [1.82, 2.24) is 9.97 Å². The van der Waals surface area contributed by atoms with Gasteiger partial charge < -0.3 is 15.4 Å². The lowest BCUT2D eigenvalue weighted by Gasteiger charge is -2.13. The van der Waals surface area contributed by atoms with Gasteiger partial charge in [-0.3, -0.25) is 10.1 Å². The van der Waals surface area contributed by atoms with Crippen LogP contribution in [0, 0.1) is 24.0 Å². The van der Waals surface area contributed by atoms with Crippen LogP contribution in [-0.4, -0.2) is 22.0 Å². The van der Waals surface area contributed by atoms with Crippen molar-refractivity contribution in [3.63, 3.8) is 0 Å². The number of nitrogens with zero attached hydrogens (tertiary/aromatic N) is 3. The molecule has 1 heterocycles. The highest BCUT2D eigenvalue weighted by molar-refractivity contribution is 5.78. The molecule has 0 aliphatic carbocycles. The van der Waals surface area contributed by atoms with Crippen LogP contribution in [0.2, 0.25) is 0 Å². The lowest BCUT2D eigenvalue weighted by atomic mass is 10.2. The van der Waals surface area contributed by atoms with Gasteiger partial charge >= 0.3 is 5.69 Å². The molecule has 0 spiro atoms. The molecular formula is C19H19N5O3. The van der Waals surface area contributed by atoms with E-state index in [1.165, 1.54) is 13.4 Å². The second-order valence-electron chi connectivity index (χ2n) is 6.00. The third-order valence-corrected chi connectivity index (χ3v) is 3.89. The minimum Gasteiger partial charge on any atom is -0.495 e. The molecule has 27 heavy (non-hydrogen) atoms. The summed E-state index contributed by atoms with van der Waals surface area (Å²) >= 11 is 0. The first-order valence-corrected chi connectivity index (χ1v) is 8.22. The standard InChI is InChI=1S/C19H19N5O3/c1-12-5-4-6-14(9-12)22-18-17(24(25)26)19(21-11-20-18)23-15-10-13(2)7-8-16(15)27-3/h4-11H,1-3H3,(H2,20,21,22,23). The van der Waals surface area contributed by atoms with Gasteiger partial charge in [0, 0.05) is 5.69 Å². The van der Waals surface area contributed by atoms with Crippen LogP contribution in [0.25, 0.3) is 0 Å². The van der Waals surface area contributed by atoms with E-state index in [1.54, 1.807) is 6.07 Å². The van der Waals surface area contributed by atoms with E-state index >= 15 is 0 Å². The van der Waals surface area contributed by atoms with Gasteiger partial charge in [0.1, 0.15) is 12.1 Å². The van der Waals surface area contributed by atoms with Gasteiger partial charge in [0.2, 0.25) is 11.6 Å². The van der Waals surface area contributed by atoms with E-state index in [0.717, 1.165) is 11.1 Å². The summed E-state index contributed by atoms with van der Waals surface area (Å²) in [5.74, 6) is 0.741. The zero-order valence-electron chi connectivity index (χ0n) is 15.2. The minimum absolute atomic E-state index is 0.0778. The molecule has 0 atom stereocenters. The Balaban J connectivity index is 2.02. The smallest absolute Gasteiger partial charge is 0.353 e. The summed E-state index contributed by atoms with van der Waals surface area (Å²) in [6, 6.07) is 13.0. The number of nitrogens with one attached hydrogen (secondary N) is 2. The largest absolute Gasteiger partial charge is 0.495 e. The first kappa shape index (κ1) is 18.1. The van der Waals surface area contributed by atoms with E-state index in [4.69, 9.17) is 4.74 Å². The van der Waals surface area contributed by atoms with Gasteiger partial charge in [-0.05, 0) is 49.2 Å². The van der Waals surface area contributed by atoms with Crippen LogP contribution in [-0.2, 0) is 0 Å². The monoisotopic (exact) mass is 365 g/mol. The average Bonchev–Trinajstić information content (AvgIpc) is 2.62. The Bertz CT molecular complexity index is 991. The summed E-state index contributed by atoms with van der Waals surface area (Å²) in [5, 5.41) is 17.7. The summed E-state index contributed by atoms with van der Waals surface area (Å²) in [6.45, 7) is 3.86. The molecule has 1 aromatic heterocycles. The molecular weight excluding hydrogens is 346 g/mol. The van der Waals surface area contributed by atoms with E-state index in [2.05, 4.69) is 20.6 Å². The third kappa shape index (κ3) is 4.12.